The summed E-state index contributed by atoms with van der Waals surface area (Å²) in [6.07, 6.45) is 0.622. The Morgan fingerprint density at radius 3 is 2.57 bits per heavy atom. The number of aryl methyl sites for hydroxylation is 1. The van der Waals surface area contributed by atoms with E-state index in [9.17, 15) is 13.2 Å². The zero-order valence-electron chi connectivity index (χ0n) is 12.7. The molecule has 0 saturated heterocycles. The lowest BCUT2D eigenvalue weighted by molar-refractivity contribution is 0.0563. The van der Waals surface area contributed by atoms with Crippen LogP contribution in [0.15, 0.2) is 15.4 Å². The fourth-order valence-electron chi connectivity index (χ4n) is 1.98. The van der Waals surface area contributed by atoms with Crippen LogP contribution in [0.1, 0.15) is 36.6 Å². The molecular weight excluding hydrogens is 296 g/mol. The third kappa shape index (κ3) is 4.55. The average molecular weight is 318 g/mol. The molecule has 1 aromatic heterocycles. The van der Waals surface area contributed by atoms with E-state index < -0.39 is 16.0 Å². The van der Waals surface area contributed by atoms with Gasteiger partial charge in [0.2, 0.25) is 15.8 Å². The van der Waals surface area contributed by atoms with Crippen molar-refractivity contribution in [3.63, 3.8) is 0 Å². The van der Waals surface area contributed by atoms with Crippen LogP contribution in [0.5, 0.6) is 0 Å². The standard InChI is InChI=1S/C13H22N2O5S/c1-8(2)5-10(7-14)15-21(17,18)12-6-11(13(16)19-4)20-9(12)3/h6,8,10,15H,5,7,14H2,1-4H3. The minimum absolute atomic E-state index is 0.0786. The van der Waals surface area contributed by atoms with E-state index in [-0.39, 0.29) is 29.0 Å². The van der Waals surface area contributed by atoms with Crippen molar-refractivity contribution in [1.29, 1.82) is 0 Å². The highest BCUT2D eigenvalue weighted by Gasteiger charge is 2.26. The molecule has 1 aromatic rings. The molecule has 21 heavy (non-hydrogen) atoms. The molecule has 1 heterocycles. The molecule has 7 nitrogen and oxygen atoms in total. The minimum atomic E-state index is -3.80. The SMILES string of the molecule is COC(=O)c1cc(S(=O)(=O)NC(CN)CC(C)C)c(C)o1. The molecule has 0 aliphatic rings. The summed E-state index contributed by atoms with van der Waals surface area (Å²) >= 11 is 0. The number of nitrogens with one attached hydrogen (secondary N) is 1. The van der Waals surface area contributed by atoms with Gasteiger partial charge >= 0.3 is 5.97 Å². The van der Waals surface area contributed by atoms with Gasteiger partial charge in [0.05, 0.1) is 7.11 Å². The predicted octanol–water partition coefficient (Wildman–Crippen LogP) is 1.03. The Morgan fingerprint density at radius 1 is 1.48 bits per heavy atom. The van der Waals surface area contributed by atoms with Crippen molar-refractivity contribution in [3.05, 3.63) is 17.6 Å². The maximum atomic E-state index is 12.3. The maximum Gasteiger partial charge on any atom is 0.373 e. The number of sulfonamides is 1. The zero-order chi connectivity index (χ0) is 16.2. The van der Waals surface area contributed by atoms with Crippen LogP contribution in [0.4, 0.5) is 0 Å². The zero-order valence-corrected chi connectivity index (χ0v) is 13.5. The lowest BCUT2D eigenvalue weighted by atomic mass is 10.1. The van der Waals surface area contributed by atoms with Crippen LogP contribution in [0.3, 0.4) is 0 Å². The number of carbonyl (C=O) groups excluding carboxylic acids is 1. The van der Waals surface area contributed by atoms with E-state index in [0.29, 0.717) is 12.3 Å². The highest BCUT2D eigenvalue weighted by atomic mass is 32.2. The largest absolute Gasteiger partial charge is 0.463 e. The first kappa shape index (κ1) is 17.7. The first-order valence-electron chi connectivity index (χ1n) is 6.62. The molecule has 3 N–H and O–H groups in total. The fourth-order valence-corrected chi connectivity index (χ4v) is 3.42. The molecule has 1 atom stereocenters. The molecule has 120 valence electrons. The van der Waals surface area contributed by atoms with E-state index in [4.69, 9.17) is 10.2 Å². The molecule has 0 aliphatic heterocycles. The smallest absolute Gasteiger partial charge is 0.373 e. The van der Waals surface area contributed by atoms with Gasteiger partial charge in [-0.3, -0.25) is 0 Å². The Kier molecular flexibility index (Phi) is 5.94. The quantitative estimate of drug-likeness (QED) is 0.726. The van der Waals surface area contributed by atoms with Crippen LogP contribution in [0, 0.1) is 12.8 Å². The highest BCUT2D eigenvalue weighted by molar-refractivity contribution is 7.89. The summed E-state index contributed by atoms with van der Waals surface area (Å²) in [6.45, 7) is 5.63. The summed E-state index contributed by atoms with van der Waals surface area (Å²) in [5, 5.41) is 0. The number of carbonyl (C=O) groups is 1. The van der Waals surface area contributed by atoms with Crippen LogP contribution in [-0.2, 0) is 14.8 Å². The second kappa shape index (κ2) is 7.06. The molecule has 0 saturated carbocycles. The molecule has 0 radical (unpaired) electrons. The van der Waals surface area contributed by atoms with Gasteiger partial charge in [0, 0.05) is 18.7 Å². The van der Waals surface area contributed by atoms with Crippen molar-refractivity contribution >= 4 is 16.0 Å². The molecule has 1 unspecified atom stereocenters. The molecule has 0 fully saturated rings. The van der Waals surface area contributed by atoms with E-state index in [2.05, 4.69) is 9.46 Å². The number of nitrogens with two attached hydrogens (primary N) is 1. The normalized spacial score (nSPS) is 13.4. The summed E-state index contributed by atoms with van der Waals surface area (Å²) in [5.74, 6) is -0.443. The van der Waals surface area contributed by atoms with Crippen LogP contribution in [0.25, 0.3) is 0 Å². The van der Waals surface area contributed by atoms with E-state index in [1.807, 2.05) is 13.8 Å². The van der Waals surface area contributed by atoms with Crippen LogP contribution >= 0.6 is 0 Å². The predicted molar refractivity (Wildman–Crippen MR) is 77.4 cm³/mol. The maximum absolute atomic E-state index is 12.3. The number of methoxy groups -OCH3 is 1. The molecular formula is C13H22N2O5S. The van der Waals surface area contributed by atoms with Gasteiger partial charge in [-0.25, -0.2) is 17.9 Å². The number of hydrogen-bond donors (Lipinski definition) is 2. The molecule has 0 amide bonds. The van der Waals surface area contributed by atoms with Crippen molar-refractivity contribution in [2.24, 2.45) is 11.7 Å². The van der Waals surface area contributed by atoms with Gasteiger partial charge in [-0.15, -0.1) is 0 Å². The van der Waals surface area contributed by atoms with Gasteiger partial charge in [-0.1, -0.05) is 13.8 Å². The third-order valence-corrected chi connectivity index (χ3v) is 4.54. The molecule has 0 spiro atoms. The van der Waals surface area contributed by atoms with Gasteiger partial charge in [0.1, 0.15) is 10.7 Å². The van der Waals surface area contributed by atoms with Gasteiger partial charge in [0.25, 0.3) is 0 Å². The average Bonchev–Trinajstić information content (AvgIpc) is 2.79. The van der Waals surface area contributed by atoms with E-state index in [0.717, 1.165) is 6.07 Å². The van der Waals surface area contributed by atoms with Crippen molar-refractivity contribution in [2.45, 2.75) is 38.1 Å². The number of hydrogen-bond acceptors (Lipinski definition) is 6. The summed E-state index contributed by atoms with van der Waals surface area (Å²) in [4.78, 5) is 11.3. The van der Waals surface area contributed by atoms with Crippen LogP contribution in [0.2, 0.25) is 0 Å². The van der Waals surface area contributed by atoms with Crippen LogP contribution in [-0.4, -0.2) is 34.1 Å². The first-order chi connectivity index (χ1) is 9.71. The summed E-state index contributed by atoms with van der Waals surface area (Å²) in [7, 11) is -2.61. The van der Waals surface area contributed by atoms with Gasteiger partial charge in [-0.2, -0.15) is 0 Å². The lowest BCUT2D eigenvalue weighted by Crippen LogP contribution is -2.41. The van der Waals surface area contributed by atoms with Crippen molar-refractivity contribution in [3.8, 4) is 0 Å². The number of furan rings is 1. The topological polar surface area (TPSA) is 112 Å². The summed E-state index contributed by atoms with van der Waals surface area (Å²) in [5.41, 5.74) is 5.59. The van der Waals surface area contributed by atoms with Crippen molar-refractivity contribution in [1.82, 2.24) is 4.72 Å². The second-order valence-corrected chi connectivity index (χ2v) is 6.89. The Bertz CT molecular complexity index is 592. The van der Waals surface area contributed by atoms with E-state index >= 15 is 0 Å². The third-order valence-electron chi connectivity index (χ3n) is 2.91. The van der Waals surface area contributed by atoms with Gasteiger partial charge in [-0.05, 0) is 19.3 Å². The van der Waals surface area contributed by atoms with Crippen molar-refractivity contribution < 1.29 is 22.4 Å². The molecule has 0 bridgehead atoms. The Morgan fingerprint density at radius 2 is 2.10 bits per heavy atom. The van der Waals surface area contributed by atoms with Crippen molar-refractivity contribution in [2.75, 3.05) is 13.7 Å². The summed E-state index contributed by atoms with van der Waals surface area (Å²) < 4.78 is 36.9. The first-order valence-corrected chi connectivity index (χ1v) is 8.10. The van der Waals surface area contributed by atoms with Crippen LogP contribution < -0.4 is 10.5 Å². The molecule has 0 aromatic carbocycles. The fraction of sp³-hybridized carbons (Fsp3) is 0.615. The summed E-state index contributed by atoms with van der Waals surface area (Å²) in [6, 6.07) is 0.790. The minimum Gasteiger partial charge on any atom is -0.463 e. The Labute approximate surface area is 124 Å². The monoisotopic (exact) mass is 318 g/mol. The highest BCUT2D eigenvalue weighted by Crippen LogP contribution is 2.21. The molecule has 0 aliphatic carbocycles. The molecule has 8 heteroatoms. The Balaban J connectivity index is 3.02. The Hall–Kier alpha value is -1.38. The number of esters is 1. The second-order valence-electron chi connectivity index (χ2n) is 5.21. The molecule has 1 rings (SSSR count). The van der Waals surface area contributed by atoms with E-state index in [1.54, 1.807) is 0 Å². The van der Waals surface area contributed by atoms with Gasteiger partial charge < -0.3 is 14.9 Å². The number of ether oxygens (including phenoxy) is 1. The van der Waals surface area contributed by atoms with E-state index in [1.165, 1.54) is 14.0 Å². The number of rotatable bonds is 7. The van der Waals surface area contributed by atoms with Gasteiger partial charge in [0.15, 0.2) is 0 Å². The lowest BCUT2D eigenvalue weighted by Gasteiger charge is -2.18.